The van der Waals surface area contributed by atoms with Crippen LogP contribution in [-0.2, 0) is 16.2 Å². The lowest BCUT2D eigenvalue weighted by molar-refractivity contribution is 0.454. The van der Waals surface area contributed by atoms with E-state index >= 15 is 0 Å². The van der Waals surface area contributed by atoms with Crippen LogP contribution in [0, 0.1) is 5.92 Å². The molecule has 5 aromatic carbocycles. The zero-order chi connectivity index (χ0) is 35.7. The summed E-state index contributed by atoms with van der Waals surface area (Å²) in [5.74, 6) is 0.267. The number of hydrogen-bond donors (Lipinski definition) is 0. The Bertz CT molecular complexity index is 2580. The molecule has 4 unspecified atom stereocenters. The summed E-state index contributed by atoms with van der Waals surface area (Å²) in [4.78, 5) is 4.23. The summed E-state index contributed by atoms with van der Waals surface area (Å²) in [5.41, 5.74) is 20.7. The molecule has 0 radical (unpaired) electrons. The molecule has 4 aliphatic carbocycles. The summed E-state index contributed by atoms with van der Waals surface area (Å²) < 4.78 is -0.187. The van der Waals surface area contributed by atoms with Crippen molar-refractivity contribution in [1.82, 2.24) is 0 Å². The maximum atomic E-state index is 2.82. The van der Waals surface area contributed by atoms with Gasteiger partial charge >= 0.3 is 0 Å². The number of allylic oxidation sites excluding steroid dienone is 2. The molecule has 2 heterocycles. The van der Waals surface area contributed by atoms with Gasteiger partial charge in [0.2, 0.25) is 0 Å². The van der Waals surface area contributed by atoms with Gasteiger partial charge in [-0.15, -0.1) is 11.8 Å². The van der Waals surface area contributed by atoms with E-state index in [9.17, 15) is 0 Å². The lowest BCUT2D eigenvalue weighted by Gasteiger charge is -2.62. The van der Waals surface area contributed by atoms with E-state index in [1.165, 1.54) is 71.9 Å². The maximum Gasteiger partial charge on any atom is 0.0908 e. The molecular formula is C50H45NS. The predicted octanol–water partition coefficient (Wildman–Crippen LogP) is 12.8. The summed E-state index contributed by atoms with van der Waals surface area (Å²) in [6.45, 7) is 20.1. The van der Waals surface area contributed by atoms with Gasteiger partial charge in [0.05, 0.1) is 16.0 Å². The third kappa shape index (κ3) is 3.28. The van der Waals surface area contributed by atoms with E-state index in [0.717, 1.165) is 0 Å². The van der Waals surface area contributed by atoms with Crippen molar-refractivity contribution in [3.63, 3.8) is 0 Å². The summed E-state index contributed by atoms with van der Waals surface area (Å²) >= 11 is 2.09. The molecule has 0 saturated heterocycles. The van der Waals surface area contributed by atoms with Crippen LogP contribution < -0.4 is 4.90 Å². The monoisotopic (exact) mass is 691 g/mol. The lowest BCUT2D eigenvalue weighted by atomic mass is 9.50. The van der Waals surface area contributed by atoms with E-state index in [1.54, 1.807) is 16.7 Å². The van der Waals surface area contributed by atoms with E-state index in [1.807, 2.05) is 0 Å². The van der Waals surface area contributed by atoms with E-state index in [2.05, 4.69) is 193 Å². The number of rotatable bonds is 1. The molecule has 11 rings (SSSR count). The van der Waals surface area contributed by atoms with Gasteiger partial charge in [0.1, 0.15) is 0 Å². The van der Waals surface area contributed by atoms with Crippen molar-refractivity contribution in [3.05, 3.63) is 171 Å². The van der Waals surface area contributed by atoms with Gasteiger partial charge in [-0.2, -0.15) is 0 Å². The van der Waals surface area contributed by atoms with Crippen molar-refractivity contribution in [1.29, 1.82) is 0 Å². The molecule has 0 fully saturated rings. The number of fused-ring (bicyclic) bond motifs is 12. The van der Waals surface area contributed by atoms with Gasteiger partial charge in [-0.3, -0.25) is 0 Å². The normalized spacial score (nSPS) is 29.0. The van der Waals surface area contributed by atoms with Gasteiger partial charge in [-0.25, -0.2) is 0 Å². The van der Waals surface area contributed by atoms with Gasteiger partial charge in [0.25, 0.3) is 0 Å². The molecule has 2 heteroatoms. The van der Waals surface area contributed by atoms with E-state index in [0.29, 0.717) is 0 Å². The first-order valence-electron chi connectivity index (χ1n) is 19.1. The Balaban J connectivity index is 1.33. The van der Waals surface area contributed by atoms with Gasteiger partial charge in [0.15, 0.2) is 0 Å². The highest BCUT2D eigenvalue weighted by molar-refractivity contribution is 8.01. The van der Waals surface area contributed by atoms with Gasteiger partial charge in [0, 0.05) is 38.3 Å². The topological polar surface area (TPSA) is 3.24 Å². The van der Waals surface area contributed by atoms with Crippen molar-refractivity contribution in [3.8, 4) is 11.1 Å². The third-order valence-electron chi connectivity index (χ3n) is 14.4. The third-order valence-corrected chi connectivity index (χ3v) is 15.8. The van der Waals surface area contributed by atoms with Gasteiger partial charge in [-0.05, 0) is 106 Å². The first kappa shape index (κ1) is 31.0. The highest BCUT2D eigenvalue weighted by atomic mass is 32.2. The second kappa shape index (κ2) is 9.52. The average molecular weight is 692 g/mol. The molecule has 0 amide bonds. The Morgan fingerprint density at radius 3 is 1.87 bits per heavy atom. The molecule has 0 saturated carbocycles. The predicted molar refractivity (Wildman–Crippen MR) is 220 cm³/mol. The molecule has 2 aliphatic heterocycles. The van der Waals surface area contributed by atoms with Crippen LogP contribution in [-0.4, -0.2) is 10.3 Å². The minimum atomic E-state index is -0.471. The molecule has 4 atom stereocenters. The Kier molecular flexibility index (Phi) is 5.68. The summed E-state index contributed by atoms with van der Waals surface area (Å²) in [6.07, 6.45) is 2.71. The van der Waals surface area contributed by atoms with Crippen molar-refractivity contribution in [2.75, 3.05) is 4.90 Å². The minimum absolute atomic E-state index is 0.0905. The van der Waals surface area contributed by atoms with Crippen LogP contribution in [0.15, 0.2) is 143 Å². The fourth-order valence-corrected chi connectivity index (χ4v) is 14.0. The van der Waals surface area contributed by atoms with Gasteiger partial charge in [-0.1, -0.05) is 138 Å². The van der Waals surface area contributed by atoms with Crippen LogP contribution in [0.25, 0.3) is 22.3 Å². The first-order chi connectivity index (χ1) is 24.9. The van der Waals surface area contributed by atoms with E-state index in [4.69, 9.17) is 0 Å². The molecule has 0 aromatic heterocycles. The fraction of sp³-hybridized carbons (Fsp3) is 0.280. The second-order valence-electron chi connectivity index (χ2n) is 17.7. The zero-order valence-corrected chi connectivity index (χ0v) is 32.3. The van der Waals surface area contributed by atoms with Crippen molar-refractivity contribution >= 4 is 34.3 Å². The van der Waals surface area contributed by atoms with E-state index < -0.39 is 5.54 Å². The molecular weight excluding hydrogens is 647 g/mol. The second-order valence-corrected chi connectivity index (χ2v) is 19.1. The van der Waals surface area contributed by atoms with Crippen LogP contribution in [0.1, 0.15) is 88.8 Å². The Labute approximate surface area is 313 Å². The van der Waals surface area contributed by atoms with Crippen LogP contribution >= 0.6 is 11.8 Å². The highest BCUT2D eigenvalue weighted by Crippen LogP contribution is 2.74. The van der Waals surface area contributed by atoms with Crippen LogP contribution in [0.2, 0.25) is 0 Å². The molecule has 5 aromatic rings. The first-order valence-corrected chi connectivity index (χ1v) is 19.9. The smallest absolute Gasteiger partial charge is 0.0908 e. The van der Waals surface area contributed by atoms with Crippen LogP contribution in [0.3, 0.4) is 0 Å². The number of hydrogen-bond acceptors (Lipinski definition) is 2. The number of anilines is 2. The molecule has 0 bridgehead atoms. The molecule has 52 heavy (non-hydrogen) atoms. The fourth-order valence-electron chi connectivity index (χ4n) is 12.5. The highest BCUT2D eigenvalue weighted by Gasteiger charge is 2.66. The number of thioether (sulfide) groups is 1. The summed E-state index contributed by atoms with van der Waals surface area (Å²) in [5, 5.41) is 0. The molecule has 256 valence electrons. The number of nitrogens with zero attached hydrogens (tertiary/aromatic N) is 1. The van der Waals surface area contributed by atoms with Crippen LogP contribution in [0.4, 0.5) is 11.4 Å². The largest absolute Gasteiger partial charge is 0.327 e. The molecule has 0 spiro atoms. The molecule has 1 nitrogen and oxygen atoms in total. The van der Waals surface area contributed by atoms with E-state index in [-0.39, 0.29) is 26.9 Å². The molecule has 6 aliphatic rings. The van der Waals surface area contributed by atoms with Gasteiger partial charge < -0.3 is 4.90 Å². The maximum absolute atomic E-state index is 2.82. The Morgan fingerprint density at radius 2 is 1.12 bits per heavy atom. The lowest BCUT2D eigenvalue weighted by Crippen LogP contribution is -2.60. The molecule has 0 N–H and O–H groups in total. The van der Waals surface area contributed by atoms with Crippen molar-refractivity contribution < 1.29 is 0 Å². The van der Waals surface area contributed by atoms with Crippen LogP contribution in [0.5, 0.6) is 0 Å². The number of benzene rings is 5. The Hall–Kier alpha value is -4.53. The van der Waals surface area contributed by atoms with Crippen molar-refractivity contribution in [2.45, 2.75) is 86.8 Å². The zero-order valence-electron chi connectivity index (χ0n) is 31.5. The standard InChI is InChI=1S/C50H45NS/c1-29-42-44(32-20-10-13-22-34(32)47(42,4)5)49(7)45-43(29)50(8)37(30-18-11-16-27-40(30)52-50)28-48(45,6)35-23-14-15-25-38(35)51(49)39-26-17-24-36-41(39)31-19-9-12-21-33(31)46(36,2)3/h9-29H,1-8H3. The minimum Gasteiger partial charge on any atom is -0.327 e. The SMILES string of the molecule is CC1C2=C3C(C)(C=C4c5ccccc5SC42C)c2ccccc2N(c2cccc4c2-c2ccccc2C4(C)C)C3(C)C2=C1C(C)(C)c1ccccc12. The summed E-state index contributed by atoms with van der Waals surface area (Å²) in [7, 11) is 0. The Morgan fingerprint density at radius 1 is 0.538 bits per heavy atom. The quantitative estimate of drug-likeness (QED) is 0.161. The summed E-state index contributed by atoms with van der Waals surface area (Å²) in [6, 6.07) is 44.2. The number of para-hydroxylation sites is 1. The van der Waals surface area contributed by atoms with Crippen molar-refractivity contribution in [2.24, 2.45) is 5.92 Å². The average Bonchev–Trinajstić information content (AvgIpc) is 3.67.